The number of hydrogen-bond acceptors (Lipinski definition) is 2. The van der Waals surface area contributed by atoms with Crippen LogP contribution in [0.25, 0.3) is 0 Å². The Morgan fingerprint density at radius 3 is 2.73 bits per heavy atom. The molecular formula is C12H18BrNO. The number of nitrogens with two attached hydrogens (primary N) is 1. The molecule has 0 heterocycles. The Kier molecular flexibility index (Phi) is 5.12. The molecule has 3 heteroatoms. The van der Waals surface area contributed by atoms with Crippen LogP contribution in [0.4, 0.5) is 0 Å². The first-order valence-electron chi connectivity index (χ1n) is 5.21. The molecule has 0 spiro atoms. The second-order valence-corrected chi connectivity index (χ2v) is 4.69. The van der Waals surface area contributed by atoms with E-state index >= 15 is 0 Å². The molecule has 15 heavy (non-hydrogen) atoms. The minimum absolute atomic E-state index is 0.298. The van der Waals surface area contributed by atoms with Crippen LogP contribution in [0.5, 0.6) is 5.75 Å². The number of hydrogen-bond donors (Lipinski definition) is 1. The molecule has 1 unspecified atom stereocenters. The number of halogens is 1. The van der Waals surface area contributed by atoms with Crippen LogP contribution < -0.4 is 10.5 Å². The van der Waals surface area contributed by atoms with Crippen molar-refractivity contribution in [1.29, 1.82) is 0 Å². The normalized spacial score (nSPS) is 12.5. The first-order chi connectivity index (χ1) is 7.13. The predicted molar refractivity (Wildman–Crippen MR) is 67.3 cm³/mol. The van der Waals surface area contributed by atoms with Crippen molar-refractivity contribution in [2.24, 2.45) is 5.73 Å². The molecule has 0 saturated heterocycles. The maximum absolute atomic E-state index is 5.70. The summed E-state index contributed by atoms with van der Waals surface area (Å²) in [6.45, 7) is 2.05. The maximum Gasteiger partial charge on any atom is 0.133 e. The Balaban J connectivity index is 2.52. The van der Waals surface area contributed by atoms with Crippen molar-refractivity contribution in [1.82, 2.24) is 0 Å². The first kappa shape index (κ1) is 12.5. The van der Waals surface area contributed by atoms with E-state index in [0.29, 0.717) is 6.04 Å². The van der Waals surface area contributed by atoms with E-state index in [0.717, 1.165) is 29.5 Å². The highest BCUT2D eigenvalue weighted by atomic mass is 79.9. The summed E-state index contributed by atoms with van der Waals surface area (Å²) in [5.74, 6) is 0.881. The third kappa shape index (κ3) is 4.22. The molecule has 0 aliphatic heterocycles. The van der Waals surface area contributed by atoms with Crippen LogP contribution in [-0.2, 0) is 6.42 Å². The molecule has 0 aliphatic rings. The van der Waals surface area contributed by atoms with E-state index in [1.54, 1.807) is 7.11 Å². The molecule has 2 N–H and O–H groups in total. The van der Waals surface area contributed by atoms with Crippen LogP contribution in [0.3, 0.4) is 0 Å². The van der Waals surface area contributed by atoms with Crippen LogP contribution in [0.15, 0.2) is 22.7 Å². The number of benzene rings is 1. The van der Waals surface area contributed by atoms with Gasteiger partial charge in [0.25, 0.3) is 0 Å². The molecule has 0 aliphatic carbocycles. The van der Waals surface area contributed by atoms with Crippen molar-refractivity contribution < 1.29 is 4.74 Å². The van der Waals surface area contributed by atoms with Crippen molar-refractivity contribution in [2.75, 3.05) is 7.11 Å². The summed E-state index contributed by atoms with van der Waals surface area (Å²) in [5.41, 5.74) is 7.03. The third-order valence-corrected chi connectivity index (χ3v) is 2.96. The van der Waals surface area contributed by atoms with Gasteiger partial charge in [0.05, 0.1) is 11.6 Å². The Labute approximate surface area is 99.9 Å². The van der Waals surface area contributed by atoms with Crippen molar-refractivity contribution in [2.45, 2.75) is 32.2 Å². The quantitative estimate of drug-likeness (QED) is 0.893. The summed E-state index contributed by atoms with van der Waals surface area (Å²) in [7, 11) is 1.68. The number of rotatable bonds is 5. The van der Waals surface area contributed by atoms with Crippen LogP contribution in [0.1, 0.15) is 25.3 Å². The van der Waals surface area contributed by atoms with Crippen LogP contribution >= 0.6 is 15.9 Å². The molecule has 0 fully saturated rings. The van der Waals surface area contributed by atoms with Gasteiger partial charge in [-0.3, -0.25) is 0 Å². The molecule has 1 atom stereocenters. The van der Waals surface area contributed by atoms with Gasteiger partial charge >= 0.3 is 0 Å². The highest BCUT2D eigenvalue weighted by molar-refractivity contribution is 9.10. The zero-order valence-electron chi connectivity index (χ0n) is 9.29. The summed E-state index contributed by atoms with van der Waals surface area (Å²) >= 11 is 3.48. The van der Waals surface area contributed by atoms with Crippen LogP contribution in [-0.4, -0.2) is 13.2 Å². The van der Waals surface area contributed by atoms with Crippen molar-refractivity contribution in [3.05, 3.63) is 28.2 Å². The van der Waals surface area contributed by atoms with Gasteiger partial charge < -0.3 is 10.5 Å². The number of ether oxygens (including phenoxy) is 1. The van der Waals surface area contributed by atoms with Crippen LogP contribution in [0.2, 0.25) is 0 Å². The lowest BCUT2D eigenvalue weighted by Crippen LogP contribution is -2.14. The second kappa shape index (κ2) is 6.13. The van der Waals surface area contributed by atoms with Crippen molar-refractivity contribution in [3.8, 4) is 5.75 Å². The molecule has 0 aromatic heterocycles. The molecule has 1 rings (SSSR count). The van der Waals surface area contributed by atoms with Gasteiger partial charge in [-0.15, -0.1) is 0 Å². The van der Waals surface area contributed by atoms with Gasteiger partial charge in [-0.25, -0.2) is 0 Å². The summed E-state index contributed by atoms with van der Waals surface area (Å²) in [5, 5.41) is 0. The average Bonchev–Trinajstić information content (AvgIpc) is 2.17. The Bertz CT molecular complexity index is 312. The summed E-state index contributed by atoms with van der Waals surface area (Å²) in [6.07, 6.45) is 3.28. The fourth-order valence-electron chi connectivity index (χ4n) is 1.49. The Morgan fingerprint density at radius 2 is 2.20 bits per heavy atom. The van der Waals surface area contributed by atoms with Gasteiger partial charge in [0.2, 0.25) is 0 Å². The lowest BCUT2D eigenvalue weighted by Gasteiger charge is -2.07. The average molecular weight is 272 g/mol. The van der Waals surface area contributed by atoms with Gasteiger partial charge in [0.1, 0.15) is 5.75 Å². The maximum atomic E-state index is 5.70. The molecule has 0 amide bonds. The van der Waals surface area contributed by atoms with Gasteiger partial charge in [-0.1, -0.05) is 6.07 Å². The van der Waals surface area contributed by atoms with E-state index in [2.05, 4.69) is 28.1 Å². The smallest absolute Gasteiger partial charge is 0.133 e. The Morgan fingerprint density at radius 1 is 1.47 bits per heavy atom. The fourth-order valence-corrected chi connectivity index (χ4v) is 2.08. The third-order valence-electron chi connectivity index (χ3n) is 2.34. The highest BCUT2D eigenvalue weighted by Gasteiger charge is 2.01. The van der Waals surface area contributed by atoms with Crippen molar-refractivity contribution >= 4 is 15.9 Å². The summed E-state index contributed by atoms with van der Waals surface area (Å²) < 4.78 is 6.19. The zero-order chi connectivity index (χ0) is 11.3. The van der Waals surface area contributed by atoms with E-state index < -0.39 is 0 Å². The number of methoxy groups -OCH3 is 1. The molecule has 0 saturated carbocycles. The van der Waals surface area contributed by atoms with E-state index in [9.17, 15) is 0 Å². The monoisotopic (exact) mass is 271 g/mol. The van der Waals surface area contributed by atoms with Crippen molar-refractivity contribution in [3.63, 3.8) is 0 Å². The van der Waals surface area contributed by atoms with E-state index in [1.165, 1.54) is 5.56 Å². The molecule has 2 nitrogen and oxygen atoms in total. The lowest BCUT2D eigenvalue weighted by molar-refractivity contribution is 0.412. The SMILES string of the molecule is COc1ccc(CCCC(C)N)cc1Br. The standard InChI is InChI=1S/C12H18BrNO/c1-9(14)4-3-5-10-6-7-12(15-2)11(13)8-10/h6-9H,3-5,14H2,1-2H3. The molecule has 1 aromatic carbocycles. The first-order valence-corrected chi connectivity index (χ1v) is 6.00. The molecular weight excluding hydrogens is 254 g/mol. The largest absolute Gasteiger partial charge is 0.496 e. The van der Waals surface area contributed by atoms with E-state index in [4.69, 9.17) is 10.5 Å². The lowest BCUT2D eigenvalue weighted by atomic mass is 10.1. The topological polar surface area (TPSA) is 35.2 Å². The zero-order valence-corrected chi connectivity index (χ0v) is 10.9. The number of aryl methyl sites for hydroxylation is 1. The molecule has 84 valence electrons. The molecule has 1 aromatic rings. The molecule has 0 radical (unpaired) electrons. The van der Waals surface area contributed by atoms with Gasteiger partial charge in [0.15, 0.2) is 0 Å². The van der Waals surface area contributed by atoms with Gasteiger partial charge in [0, 0.05) is 6.04 Å². The van der Waals surface area contributed by atoms with Gasteiger partial charge in [-0.05, 0) is 59.8 Å². The second-order valence-electron chi connectivity index (χ2n) is 3.84. The van der Waals surface area contributed by atoms with E-state index in [-0.39, 0.29) is 0 Å². The fraction of sp³-hybridized carbons (Fsp3) is 0.500. The Hall–Kier alpha value is -0.540. The van der Waals surface area contributed by atoms with E-state index in [1.807, 2.05) is 13.0 Å². The summed E-state index contributed by atoms with van der Waals surface area (Å²) in [4.78, 5) is 0. The predicted octanol–water partition coefficient (Wildman–Crippen LogP) is 3.13. The minimum Gasteiger partial charge on any atom is -0.496 e. The molecule has 0 bridgehead atoms. The minimum atomic E-state index is 0.298. The van der Waals surface area contributed by atoms with Crippen LogP contribution in [0, 0.1) is 0 Å². The highest BCUT2D eigenvalue weighted by Crippen LogP contribution is 2.26. The van der Waals surface area contributed by atoms with Gasteiger partial charge in [-0.2, -0.15) is 0 Å². The summed E-state index contributed by atoms with van der Waals surface area (Å²) in [6, 6.07) is 6.50.